The van der Waals surface area contributed by atoms with Gasteiger partial charge in [0.15, 0.2) is 12.4 Å². The van der Waals surface area contributed by atoms with Crippen LogP contribution in [0.1, 0.15) is 18.4 Å². The Morgan fingerprint density at radius 2 is 2.04 bits per heavy atom. The normalized spacial score (nSPS) is 12.8. The van der Waals surface area contributed by atoms with E-state index in [1.54, 1.807) is 13.0 Å². The number of halogens is 1. The zero-order valence-corrected chi connectivity index (χ0v) is 14.0. The number of rotatable bonds is 6. The molecule has 1 heterocycles. The molecule has 0 spiro atoms. The van der Waals surface area contributed by atoms with Gasteiger partial charge in [0, 0.05) is 11.1 Å². The van der Waals surface area contributed by atoms with Crippen molar-refractivity contribution in [2.45, 2.75) is 31.4 Å². The Morgan fingerprint density at radius 3 is 2.61 bits per heavy atom. The van der Waals surface area contributed by atoms with Crippen molar-refractivity contribution < 1.29 is 22.5 Å². The van der Waals surface area contributed by atoms with E-state index in [0.717, 1.165) is 0 Å². The van der Waals surface area contributed by atoms with Crippen LogP contribution >= 0.6 is 11.6 Å². The minimum atomic E-state index is -3.85. The minimum Gasteiger partial charge on any atom is -0.456 e. The number of sulfonamides is 1. The topological polar surface area (TPSA) is 98.5 Å². The number of hydrogen-bond acceptors (Lipinski definition) is 6. The van der Waals surface area contributed by atoms with Crippen LogP contribution < -0.4 is 4.72 Å². The van der Waals surface area contributed by atoms with Gasteiger partial charge in [0.05, 0.1) is 10.6 Å². The molecule has 1 atom stereocenters. The summed E-state index contributed by atoms with van der Waals surface area (Å²) in [5.74, 6) is -0.347. The van der Waals surface area contributed by atoms with Gasteiger partial charge in [-0.25, -0.2) is 8.42 Å². The number of carbonyl (C=O) groups excluding carboxylic acids is 1. The van der Waals surface area contributed by atoms with Crippen molar-refractivity contribution in [3.05, 3.63) is 46.8 Å². The minimum absolute atomic E-state index is 0.00686. The maximum Gasteiger partial charge on any atom is 0.324 e. The summed E-state index contributed by atoms with van der Waals surface area (Å²) in [5.41, 5.74) is 0.660. The summed E-state index contributed by atoms with van der Waals surface area (Å²) in [7, 11) is -3.85. The van der Waals surface area contributed by atoms with Crippen LogP contribution in [0, 0.1) is 6.92 Å². The van der Waals surface area contributed by atoms with Gasteiger partial charge in [-0.2, -0.15) is 4.72 Å². The largest absolute Gasteiger partial charge is 0.456 e. The SMILES string of the molecule is Cc1cc(COC(=O)[C@@H](C)NS(=O)(=O)c2ccc(Cl)cc2)on1. The second-order valence-electron chi connectivity index (χ2n) is 4.84. The summed E-state index contributed by atoms with van der Waals surface area (Å²) in [6, 6.07) is 6.16. The molecule has 124 valence electrons. The van der Waals surface area contributed by atoms with E-state index in [2.05, 4.69) is 9.88 Å². The molecule has 9 heteroatoms. The number of carbonyl (C=O) groups is 1. The average molecular weight is 359 g/mol. The first-order chi connectivity index (χ1) is 10.8. The third kappa shape index (κ3) is 4.78. The molecule has 0 saturated carbocycles. The number of esters is 1. The van der Waals surface area contributed by atoms with E-state index in [-0.39, 0.29) is 11.5 Å². The number of aryl methyl sites for hydroxylation is 1. The summed E-state index contributed by atoms with van der Waals surface area (Å²) < 4.78 is 36.4. The van der Waals surface area contributed by atoms with E-state index in [9.17, 15) is 13.2 Å². The molecule has 1 aromatic heterocycles. The van der Waals surface area contributed by atoms with Crippen LogP contribution in [-0.4, -0.2) is 25.6 Å². The van der Waals surface area contributed by atoms with Gasteiger partial charge in [-0.15, -0.1) is 0 Å². The van der Waals surface area contributed by atoms with Gasteiger partial charge < -0.3 is 9.26 Å². The summed E-state index contributed by atoms with van der Waals surface area (Å²) in [4.78, 5) is 11.9. The van der Waals surface area contributed by atoms with Crippen molar-refractivity contribution >= 4 is 27.6 Å². The molecule has 23 heavy (non-hydrogen) atoms. The highest BCUT2D eigenvalue weighted by Crippen LogP contribution is 2.14. The average Bonchev–Trinajstić information content (AvgIpc) is 2.90. The molecule has 2 rings (SSSR count). The van der Waals surface area contributed by atoms with E-state index in [4.69, 9.17) is 20.9 Å². The van der Waals surface area contributed by atoms with Gasteiger partial charge >= 0.3 is 5.97 Å². The predicted molar refractivity (Wildman–Crippen MR) is 82.3 cm³/mol. The fourth-order valence-corrected chi connectivity index (χ4v) is 3.03. The molecule has 0 aliphatic heterocycles. The molecule has 0 saturated heterocycles. The fourth-order valence-electron chi connectivity index (χ4n) is 1.71. The molecule has 1 aromatic carbocycles. The maximum absolute atomic E-state index is 12.1. The first-order valence-corrected chi connectivity index (χ1v) is 8.51. The van der Waals surface area contributed by atoms with Crippen LogP contribution in [0.5, 0.6) is 0 Å². The number of nitrogens with one attached hydrogen (secondary N) is 1. The standard InChI is InChI=1S/C14H15ClN2O5S/c1-9-7-12(22-16-9)8-21-14(18)10(2)17-23(19,20)13-5-3-11(15)4-6-13/h3-7,10,17H,8H2,1-2H3/t10-/m1/s1. The molecule has 0 radical (unpaired) electrons. The molecule has 0 unspecified atom stereocenters. The monoisotopic (exact) mass is 358 g/mol. The van der Waals surface area contributed by atoms with Crippen LogP contribution in [0.4, 0.5) is 0 Å². The van der Waals surface area contributed by atoms with Crippen molar-refractivity contribution in [1.29, 1.82) is 0 Å². The Bertz CT molecular complexity index is 786. The second-order valence-corrected chi connectivity index (χ2v) is 6.99. The first-order valence-electron chi connectivity index (χ1n) is 6.64. The van der Waals surface area contributed by atoms with Crippen molar-refractivity contribution in [1.82, 2.24) is 9.88 Å². The summed E-state index contributed by atoms with van der Waals surface area (Å²) in [5, 5.41) is 4.07. The number of hydrogen-bond donors (Lipinski definition) is 1. The van der Waals surface area contributed by atoms with Crippen molar-refractivity contribution in [2.75, 3.05) is 0 Å². The van der Waals surface area contributed by atoms with E-state index in [1.807, 2.05) is 0 Å². The molecule has 0 amide bonds. The van der Waals surface area contributed by atoms with Gasteiger partial charge in [-0.05, 0) is 38.1 Å². The van der Waals surface area contributed by atoms with Crippen molar-refractivity contribution in [3.8, 4) is 0 Å². The Morgan fingerprint density at radius 1 is 1.39 bits per heavy atom. The molecule has 0 fully saturated rings. The lowest BCUT2D eigenvalue weighted by Crippen LogP contribution is -2.39. The van der Waals surface area contributed by atoms with E-state index in [0.29, 0.717) is 16.5 Å². The molecule has 2 aromatic rings. The lowest BCUT2D eigenvalue weighted by atomic mass is 10.4. The van der Waals surface area contributed by atoms with E-state index < -0.39 is 22.0 Å². The highest BCUT2D eigenvalue weighted by atomic mass is 35.5. The number of benzene rings is 1. The van der Waals surface area contributed by atoms with Crippen LogP contribution in [-0.2, 0) is 26.2 Å². The van der Waals surface area contributed by atoms with Crippen molar-refractivity contribution in [2.24, 2.45) is 0 Å². The summed E-state index contributed by atoms with van der Waals surface area (Å²) in [6.07, 6.45) is 0. The Hall–Kier alpha value is -1.90. The molecular weight excluding hydrogens is 344 g/mol. The number of ether oxygens (including phenoxy) is 1. The van der Waals surface area contributed by atoms with Gasteiger partial charge in [0.25, 0.3) is 0 Å². The number of nitrogens with zero attached hydrogens (tertiary/aromatic N) is 1. The third-order valence-corrected chi connectivity index (χ3v) is 4.65. The van der Waals surface area contributed by atoms with Gasteiger partial charge in [-0.1, -0.05) is 16.8 Å². The van der Waals surface area contributed by atoms with Crippen LogP contribution in [0.25, 0.3) is 0 Å². The summed E-state index contributed by atoms with van der Waals surface area (Å²) in [6.45, 7) is 3.01. The zero-order valence-electron chi connectivity index (χ0n) is 12.4. The lowest BCUT2D eigenvalue weighted by Gasteiger charge is -2.13. The van der Waals surface area contributed by atoms with Crippen molar-refractivity contribution in [3.63, 3.8) is 0 Å². The van der Waals surface area contributed by atoms with Gasteiger partial charge in [0.1, 0.15) is 6.04 Å². The second kappa shape index (κ2) is 7.12. The Kier molecular flexibility index (Phi) is 5.40. The van der Waals surface area contributed by atoms with Gasteiger partial charge in [-0.3, -0.25) is 4.79 Å². The van der Waals surface area contributed by atoms with E-state index >= 15 is 0 Å². The molecule has 7 nitrogen and oxygen atoms in total. The van der Waals surface area contributed by atoms with Gasteiger partial charge in [0.2, 0.25) is 10.0 Å². The highest BCUT2D eigenvalue weighted by molar-refractivity contribution is 7.89. The maximum atomic E-state index is 12.1. The molecule has 0 aliphatic rings. The number of aromatic nitrogens is 1. The molecule has 0 bridgehead atoms. The fraction of sp³-hybridized carbons (Fsp3) is 0.286. The molecular formula is C14H15ClN2O5S. The molecule has 1 N–H and O–H groups in total. The summed E-state index contributed by atoms with van der Waals surface area (Å²) >= 11 is 5.72. The lowest BCUT2D eigenvalue weighted by molar-refractivity contribution is -0.147. The first kappa shape index (κ1) is 17.5. The van der Waals surface area contributed by atoms with Crippen LogP contribution in [0.3, 0.4) is 0 Å². The Labute approximate surface area is 138 Å². The van der Waals surface area contributed by atoms with Crippen LogP contribution in [0.15, 0.2) is 39.8 Å². The smallest absolute Gasteiger partial charge is 0.324 e. The zero-order chi connectivity index (χ0) is 17.0. The predicted octanol–water partition coefficient (Wildman–Crippen LogP) is 2.05. The van der Waals surface area contributed by atoms with E-state index in [1.165, 1.54) is 31.2 Å². The third-order valence-electron chi connectivity index (χ3n) is 2.84. The quantitative estimate of drug-likeness (QED) is 0.793. The van der Waals surface area contributed by atoms with Crippen LogP contribution in [0.2, 0.25) is 5.02 Å². The molecule has 0 aliphatic carbocycles. The Balaban J connectivity index is 1.95. The highest BCUT2D eigenvalue weighted by Gasteiger charge is 2.23.